The maximum absolute atomic E-state index is 12.5. The molecule has 8 heteroatoms. The fraction of sp³-hybridized carbons (Fsp3) is 0.333. The molecule has 0 unspecified atom stereocenters. The summed E-state index contributed by atoms with van der Waals surface area (Å²) in [6.07, 6.45) is 1.65. The molecule has 2 rings (SSSR count). The van der Waals surface area contributed by atoms with Gasteiger partial charge in [0.15, 0.2) is 0 Å². The normalized spacial score (nSPS) is 11.7. The monoisotopic (exact) mass is 310 g/mol. The Morgan fingerprint density at radius 3 is 2.90 bits per heavy atom. The van der Waals surface area contributed by atoms with Crippen LogP contribution in [-0.2, 0) is 17.1 Å². The Bertz CT molecular complexity index is 726. The summed E-state index contributed by atoms with van der Waals surface area (Å²) >= 11 is 1.44. The van der Waals surface area contributed by atoms with Crippen LogP contribution in [0.15, 0.2) is 28.6 Å². The molecule has 6 nitrogen and oxygen atoms in total. The number of aryl methyl sites for hydroxylation is 1. The summed E-state index contributed by atoms with van der Waals surface area (Å²) in [7, 11) is -0.485. The van der Waals surface area contributed by atoms with Crippen molar-refractivity contribution in [3.05, 3.63) is 23.7 Å². The van der Waals surface area contributed by atoms with E-state index in [9.17, 15) is 8.42 Å². The van der Waals surface area contributed by atoms with Crippen molar-refractivity contribution in [1.82, 2.24) is 14.1 Å². The highest BCUT2D eigenvalue weighted by atomic mass is 32.2. The summed E-state index contributed by atoms with van der Waals surface area (Å²) in [4.78, 5) is 0.973. The Balaban J connectivity index is 2.45. The van der Waals surface area contributed by atoms with E-state index < -0.39 is 10.0 Å². The Morgan fingerprint density at radius 2 is 2.30 bits per heavy atom. The number of nitrogens with zero attached hydrogens (tertiary/aromatic N) is 4. The minimum Gasteiger partial charge on any atom is -0.274 e. The molecule has 0 aliphatic heterocycles. The minimum atomic E-state index is -3.64. The molecule has 0 spiro atoms. The molecule has 0 amide bonds. The van der Waals surface area contributed by atoms with Gasteiger partial charge in [-0.2, -0.15) is 14.7 Å². The first kappa shape index (κ1) is 14.7. The molecular weight excluding hydrogens is 296 g/mol. The Labute approximate surface area is 121 Å². The van der Waals surface area contributed by atoms with Crippen molar-refractivity contribution < 1.29 is 8.42 Å². The third kappa shape index (κ3) is 2.75. The first-order chi connectivity index (χ1) is 9.46. The molecule has 0 atom stereocenters. The molecule has 0 saturated carbocycles. The fourth-order valence-electron chi connectivity index (χ4n) is 1.74. The molecule has 0 N–H and O–H groups in total. The molecule has 2 aromatic rings. The lowest BCUT2D eigenvalue weighted by Gasteiger charge is -2.14. The predicted octanol–water partition coefficient (Wildman–Crippen LogP) is 1.68. The van der Waals surface area contributed by atoms with Crippen LogP contribution >= 0.6 is 11.3 Å². The number of sulfonamides is 1. The second-order valence-corrected chi connectivity index (χ2v) is 7.19. The van der Waals surface area contributed by atoms with E-state index in [0.717, 1.165) is 4.88 Å². The molecule has 0 radical (unpaired) electrons. The van der Waals surface area contributed by atoms with Crippen LogP contribution in [0.25, 0.3) is 10.6 Å². The van der Waals surface area contributed by atoms with Crippen LogP contribution in [0.4, 0.5) is 0 Å². The highest BCUT2D eigenvalue weighted by Crippen LogP contribution is 2.30. The Morgan fingerprint density at radius 1 is 1.55 bits per heavy atom. The van der Waals surface area contributed by atoms with Gasteiger partial charge >= 0.3 is 0 Å². The number of hydrogen-bond acceptors (Lipinski definition) is 5. The van der Waals surface area contributed by atoms with Crippen molar-refractivity contribution >= 4 is 21.4 Å². The van der Waals surface area contributed by atoms with Crippen LogP contribution in [0.3, 0.4) is 0 Å². The molecule has 0 aromatic carbocycles. The quantitative estimate of drug-likeness (QED) is 0.841. The molecule has 0 fully saturated rings. The smallest absolute Gasteiger partial charge is 0.246 e. The third-order valence-corrected chi connectivity index (χ3v) is 5.51. The van der Waals surface area contributed by atoms with E-state index in [2.05, 4.69) is 5.10 Å². The summed E-state index contributed by atoms with van der Waals surface area (Å²) in [6.45, 7) is 0.164. The van der Waals surface area contributed by atoms with Gasteiger partial charge in [0.25, 0.3) is 0 Å². The summed E-state index contributed by atoms with van der Waals surface area (Å²) in [5.41, 5.74) is 0.450. The molecule has 0 saturated heterocycles. The van der Waals surface area contributed by atoms with E-state index in [4.69, 9.17) is 5.26 Å². The molecule has 0 aliphatic rings. The zero-order chi connectivity index (χ0) is 14.8. The van der Waals surface area contributed by atoms with Gasteiger partial charge < -0.3 is 0 Å². The minimum absolute atomic E-state index is 0.157. The van der Waals surface area contributed by atoms with Crippen molar-refractivity contribution in [2.24, 2.45) is 7.05 Å². The lowest BCUT2D eigenvalue weighted by molar-refractivity contribution is 0.476. The van der Waals surface area contributed by atoms with Gasteiger partial charge in [0.1, 0.15) is 10.6 Å². The van der Waals surface area contributed by atoms with Gasteiger partial charge in [-0.05, 0) is 11.4 Å². The topological polar surface area (TPSA) is 79.0 Å². The van der Waals surface area contributed by atoms with Crippen LogP contribution in [0.5, 0.6) is 0 Å². The number of thiophene rings is 1. The van der Waals surface area contributed by atoms with Crippen LogP contribution in [0, 0.1) is 11.3 Å². The fourth-order valence-corrected chi connectivity index (χ4v) is 3.87. The summed E-state index contributed by atoms with van der Waals surface area (Å²) in [5.74, 6) is 0. The van der Waals surface area contributed by atoms with Crippen molar-refractivity contribution in [1.29, 1.82) is 5.26 Å². The maximum Gasteiger partial charge on any atom is 0.246 e. The van der Waals surface area contributed by atoms with Crippen molar-refractivity contribution in [3.63, 3.8) is 0 Å². The summed E-state index contributed by atoms with van der Waals surface area (Å²) in [6, 6.07) is 5.63. The number of aromatic nitrogens is 2. The van der Waals surface area contributed by atoms with Gasteiger partial charge in [0.05, 0.1) is 10.9 Å². The molecule has 0 aliphatic carbocycles. The lowest BCUT2D eigenvalue weighted by Crippen LogP contribution is -2.27. The van der Waals surface area contributed by atoms with E-state index in [1.165, 1.54) is 33.6 Å². The summed E-state index contributed by atoms with van der Waals surface area (Å²) in [5, 5.41) is 14.7. The number of hydrogen-bond donors (Lipinski definition) is 0. The number of rotatable bonds is 5. The lowest BCUT2D eigenvalue weighted by atomic mass is 10.3. The third-order valence-electron chi connectivity index (χ3n) is 2.78. The second-order valence-electron chi connectivity index (χ2n) is 4.23. The van der Waals surface area contributed by atoms with Crippen LogP contribution in [0.1, 0.15) is 6.42 Å². The second kappa shape index (κ2) is 5.75. The van der Waals surface area contributed by atoms with Gasteiger partial charge in [-0.25, -0.2) is 8.42 Å². The van der Waals surface area contributed by atoms with E-state index in [1.54, 1.807) is 7.05 Å². The van der Waals surface area contributed by atoms with E-state index in [1.807, 2.05) is 23.6 Å². The average molecular weight is 310 g/mol. The molecule has 20 heavy (non-hydrogen) atoms. The van der Waals surface area contributed by atoms with Gasteiger partial charge in [-0.15, -0.1) is 11.3 Å². The van der Waals surface area contributed by atoms with Crippen LogP contribution in [0.2, 0.25) is 0 Å². The highest BCUT2D eigenvalue weighted by Gasteiger charge is 2.27. The summed E-state index contributed by atoms with van der Waals surface area (Å²) < 4.78 is 27.7. The molecular formula is C12H14N4O2S2. The van der Waals surface area contributed by atoms with E-state index in [-0.39, 0.29) is 17.9 Å². The Hall–Kier alpha value is -1.69. The standard InChI is InChI=1S/C12H14N4O2S2/c1-15-9-11(12(14-15)10-5-3-8-19-10)20(17,18)16(2)7-4-6-13/h3,5,8-9H,4,7H2,1-2H3. The van der Waals surface area contributed by atoms with Crippen molar-refractivity contribution in [3.8, 4) is 16.6 Å². The average Bonchev–Trinajstić information content (AvgIpc) is 3.04. The predicted molar refractivity (Wildman–Crippen MR) is 76.6 cm³/mol. The van der Waals surface area contributed by atoms with Crippen LogP contribution in [-0.4, -0.2) is 36.1 Å². The van der Waals surface area contributed by atoms with Crippen molar-refractivity contribution in [2.45, 2.75) is 11.3 Å². The largest absolute Gasteiger partial charge is 0.274 e. The first-order valence-electron chi connectivity index (χ1n) is 5.87. The maximum atomic E-state index is 12.5. The molecule has 0 bridgehead atoms. The first-order valence-corrected chi connectivity index (χ1v) is 8.19. The Kier molecular flexibility index (Phi) is 4.23. The van der Waals surface area contributed by atoms with E-state index in [0.29, 0.717) is 5.69 Å². The SMILES string of the molecule is CN(CCC#N)S(=O)(=O)c1cn(C)nc1-c1cccs1. The zero-order valence-corrected chi connectivity index (χ0v) is 12.8. The van der Waals surface area contributed by atoms with Crippen LogP contribution < -0.4 is 0 Å². The van der Waals surface area contributed by atoms with Gasteiger partial charge in [-0.1, -0.05) is 6.07 Å². The molecule has 2 aromatic heterocycles. The molecule has 2 heterocycles. The van der Waals surface area contributed by atoms with E-state index >= 15 is 0 Å². The highest BCUT2D eigenvalue weighted by molar-refractivity contribution is 7.89. The molecule has 106 valence electrons. The van der Waals surface area contributed by atoms with Gasteiger partial charge in [0, 0.05) is 33.3 Å². The van der Waals surface area contributed by atoms with Gasteiger partial charge in [-0.3, -0.25) is 4.68 Å². The number of nitriles is 1. The van der Waals surface area contributed by atoms with Gasteiger partial charge in [0.2, 0.25) is 10.0 Å². The zero-order valence-electron chi connectivity index (χ0n) is 11.1. The van der Waals surface area contributed by atoms with Crippen molar-refractivity contribution in [2.75, 3.05) is 13.6 Å².